The number of hydrogen-bond acceptors (Lipinski definition) is 3. The lowest BCUT2D eigenvalue weighted by Gasteiger charge is -2.07. The minimum absolute atomic E-state index is 0.00992. The quantitative estimate of drug-likeness (QED) is 0.673. The molecule has 2 rings (SSSR count). The molecule has 0 aliphatic carbocycles. The first-order chi connectivity index (χ1) is 10.2. The van der Waals surface area contributed by atoms with Crippen molar-refractivity contribution in [3.8, 4) is 0 Å². The van der Waals surface area contributed by atoms with Gasteiger partial charge in [-0.1, -0.05) is 30.3 Å². The first-order valence-corrected chi connectivity index (χ1v) is 7.17. The number of carbonyl (C=O) groups is 2. The Morgan fingerprint density at radius 2 is 1.62 bits per heavy atom. The molecule has 0 aliphatic heterocycles. The average molecular weight is 304 g/mol. The van der Waals surface area contributed by atoms with Gasteiger partial charge in [0, 0.05) is 10.5 Å². The average Bonchev–Trinajstić information content (AvgIpc) is 2.52. The van der Waals surface area contributed by atoms with Crippen molar-refractivity contribution in [1.29, 1.82) is 0 Å². The molecule has 4 nitrogen and oxygen atoms in total. The van der Waals surface area contributed by atoms with Gasteiger partial charge in [-0.3, -0.25) is 20.4 Å². The van der Waals surface area contributed by atoms with E-state index >= 15 is 0 Å². The fourth-order valence-corrected chi connectivity index (χ4v) is 2.27. The van der Waals surface area contributed by atoms with E-state index in [2.05, 4.69) is 10.9 Å². The summed E-state index contributed by atoms with van der Waals surface area (Å²) in [5.41, 5.74) is 5.04. The second-order valence-electron chi connectivity index (χ2n) is 4.09. The largest absolute Gasteiger partial charge is 0.272 e. The molecule has 0 heterocycles. The number of hydrogen-bond donors (Lipinski definition) is 2. The van der Waals surface area contributed by atoms with Gasteiger partial charge < -0.3 is 0 Å². The van der Waals surface area contributed by atoms with Gasteiger partial charge in [0.15, 0.2) is 0 Å². The molecular weight excluding hydrogens is 291 g/mol. The van der Waals surface area contributed by atoms with E-state index in [0.717, 1.165) is 11.8 Å². The van der Waals surface area contributed by atoms with Crippen molar-refractivity contribution in [2.45, 2.75) is 4.90 Å². The van der Waals surface area contributed by atoms with Crippen LogP contribution in [0.4, 0.5) is 4.39 Å². The molecule has 0 bridgehead atoms. The Labute approximate surface area is 125 Å². The highest BCUT2D eigenvalue weighted by Gasteiger charge is 2.08. The molecule has 0 unspecified atom stereocenters. The van der Waals surface area contributed by atoms with Crippen LogP contribution in [-0.2, 0) is 4.79 Å². The molecule has 0 atom stereocenters. The van der Waals surface area contributed by atoms with Crippen LogP contribution in [0, 0.1) is 5.82 Å². The van der Waals surface area contributed by atoms with Gasteiger partial charge in [0.2, 0.25) is 5.91 Å². The lowest BCUT2D eigenvalue weighted by atomic mass is 10.2. The smallest absolute Gasteiger partial charge is 0.269 e. The predicted molar refractivity (Wildman–Crippen MR) is 79.2 cm³/mol. The predicted octanol–water partition coefficient (Wildman–Crippen LogP) is 2.38. The number of halogens is 1. The molecule has 0 saturated carbocycles. The molecule has 2 aromatic carbocycles. The molecular formula is C15H13FN2O2S. The third kappa shape index (κ3) is 4.61. The summed E-state index contributed by atoms with van der Waals surface area (Å²) in [6.45, 7) is 0. The highest BCUT2D eigenvalue weighted by atomic mass is 32.2. The van der Waals surface area contributed by atoms with Crippen molar-refractivity contribution in [1.82, 2.24) is 10.9 Å². The monoisotopic (exact) mass is 304 g/mol. The Hall–Kier alpha value is -2.34. The van der Waals surface area contributed by atoms with Gasteiger partial charge in [-0.05, 0) is 24.3 Å². The zero-order valence-corrected chi connectivity index (χ0v) is 11.8. The summed E-state index contributed by atoms with van der Waals surface area (Å²) < 4.78 is 13.4. The van der Waals surface area contributed by atoms with Crippen LogP contribution < -0.4 is 10.9 Å². The Balaban J connectivity index is 1.78. The maximum absolute atomic E-state index is 13.4. The highest BCUT2D eigenvalue weighted by molar-refractivity contribution is 8.00. The van der Waals surface area contributed by atoms with E-state index in [9.17, 15) is 14.0 Å². The molecule has 2 aromatic rings. The number of carbonyl (C=O) groups excluding carboxylic acids is 2. The first-order valence-electron chi connectivity index (χ1n) is 6.18. The molecule has 6 heteroatoms. The minimum atomic E-state index is -0.410. The van der Waals surface area contributed by atoms with Crippen LogP contribution in [0.2, 0.25) is 0 Å². The fraction of sp³-hybridized carbons (Fsp3) is 0.0667. The summed E-state index contributed by atoms with van der Waals surface area (Å²) >= 11 is 1.06. The van der Waals surface area contributed by atoms with Crippen LogP contribution in [0.3, 0.4) is 0 Å². The molecule has 0 radical (unpaired) electrons. The molecule has 108 valence electrons. The molecule has 2 N–H and O–H groups in total. The van der Waals surface area contributed by atoms with Crippen LogP contribution in [0.15, 0.2) is 59.5 Å². The standard InChI is InChI=1S/C15H13FN2O2S/c16-12-8-4-5-9-13(12)21-10-14(19)17-18-15(20)11-6-2-1-3-7-11/h1-9H,10H2,(H,17,19)(H,18,20). The van der Waals surface area contributed by atoms with Gasteiger partial charge in [0.05, 0.1) is 5.75 Å². The molecule has 0 aliphatic rings. The summed E-state index contributed by atoms with van der Waals surface area (Å²) in [6.07, 6.45) is 0. The summed E-state index contributed by atoms with van der Waals surface area (Å²) in [5.74, 6) is -1.17. The number of nitrogens with one attached hydrogen (secondary N) is 2. The Kier molecular flexibility index (Phi) is 5.34. The van der Waals surface area contributed by atoms with Gasteiger partial charge in [-0.15, -0.1) is 11.8 Å². The summed E-state index contributed by atoms with van der Waals surface area (Å²) in [5, 5.41) is 0. The molecule has 0 saturated heterocycles. The number of rotatable bonds is 4. The number of benzene rings is 2. The second kappa shape index (κ2) is 7.44. The molecule has 2 amide bonds. The lowest BCUT2D eigenvalue weighted by molar-refractivity contribution is -0.119. The topological polar surface area (TPSA) is 58.2 Å². The summed E-state index contributed by atoms with van der Waals surface area (Å²) in [4.78, 5) is 23.7. The number of hydrazine groups is 1. The number of thioether (sulfide) groups is 1. The van der Waals surface area contributed by atoms with E-state index < -0.39 is 11.8 Å². The van der Waals surface area contributed by atoms with Crippen LogP contribution in [-0.4, -0.2) is 17.6 Å². The third-order valence-electron chi connectivity index (χ3n) is 2.55. The summed E-state index contributed by atoms with van der Waals surface area (Å²) in [7, 11) is 0. The van der Waals surface area contributed by atoms with E-state index in [1.807, 2.05) is 0 Å². The minimum Gasteiger partial charge on any atom is -0.272 e. The fourth-order valence-electron chi connectivity index (χ4n) is 1.53. The molecule has 21 heavy (non-hydrogen) atoms. The number of amides is 2. The van der Waals surface area contributed by atoms with Crippen molar-refractivity contribution in [3.63, 3.8) is 0 Å². The highest BCUT2D eigenvalue weighted by Crippen LogP contribution is 2.20. The van der Waals surface area contributed by atoms with Crippen molar-refractivity contribution >= 4 is 23.6 Å². The Morgan fingerprint density at radius 3 is 2.33 bits per heavy atom. The van der Waals surface area contributed by atoms with Crippen LogP contribution in [0.1, 0.15) is 10.4 Å². The van der Waals surface area contributed by atoms with Crippen LogP contribution in [0.5, 0.6) is 0 Å². The maximum Gasteiger partial charge on any atom is 0.269 e. The zero-order chi connectivity index (χ0) is 15.1. The summed E-state index contributed by atoms with van der Waals surface area (Å²) in [6, 6.07) is 14.7. The second-order valence-corrected chi connectivity index (χ2v) is 5.10. The van der Waals surface area contributed by atoms with Crippen LogP contribution >= 0.6 is 11.8 Å². The van der Waals surface area contributed by atoms with Gasteiger partial charge in [0.25, 0.3) is 5.91 Å². The van der Waals surface area contributed by atoms with E-state index in [-0.39, 0.29) is 11.6 Å². The van der Waals surface area contributed by atoms with Gasteiger partial charge in [0.1, 0.15) is 5.82 Å². The van der Waals surface area contributed by atoms with E-state index in [4.69, 9.17) is 0 Å². The molecule has 0 spiro atoms. The van der Waals surface area contributed by atoms with Crippen molar-refractivity contribution in [2.75, 3.05) is 5.75 Å². The zero-order valence-electron chi connectivity index (χ0n) is 11.0. The van der Waals surface area contributed by atoms with Crippen LogP contribution in [0.25, 0.3) is 0 Å². The van der Waals surface area contributed by atoms with Gasteiger partial charge in [-0.2, -0.15) is 0 Å². The van der Waals surface area contributed by atoms with E-state index in [1.54, 1.807) is 48.5 Å². The van der Waals surface area contributed by atoms with E-state index in [0.29, 0.717) is 10.5 Å². The van der Waals surface area contributed by atoms with Crippen molar-refractivity contribution in [3.05, 3.63) is 66.0 Å². The normalized spacial score (nSPS) is 9.95. The van der Waals surface area contributed by atoms with Crippen molar-refractivity contribution < 1.29 is 14.0 Å². The Morgan fingerprint density at radius 1 is 0.952 bits per heavy atom. The SMILES string of the molecule is O=C(CSc1ccccc1F)NNC(=O)c1ccccc1. The van der Waals surface area contributed by atoms with Gasteiger partial charge >= 0.3 is 0 Å². The third-order valence-corrected chi connectivity index (χ3v) is 3.60. The molecule has 0 aromatic heterocycles. The first kappa shape index (κ1) is 15.1. The Bertz CT molecular complexity index is 635. The van der Waals surface area contributed by atoms with Crippen molar-refractivity contribution in [2.24, 2.45) is 0 Å². The van der Waals surface area contributed by atoms with E-state index in [1.165, 1.54) is 6.07 Å². The maximum atomic E-state index is 13.4. The lowest BCUT2D eigenvalue weighted by Crippen LogP contribution is -2.42. The van der Waals surface area contributed by atoms with Gasteiger partial charge in [-0.25, -0.2) is 4.39 Å². The molecule has 0 fully saturated rings.